The van der Waals surface area contributed by atoms with Gasteiger partial charge in [-0.1, -0.05) is 37.3 Å². The Bertz CT molecular complexity index is 842. The summed E-state index contributed by atoms with van der Waals surface area (Å²) in [6.45, 7) is 3.81. The minimum atomic E-state index is -0.889. The molecule has 0 radical (unpaired) electrons. The number of hydrogen-bond donors (Lipinski definition) is 4. The van der Waals surface area contributed by atoms with Gasteiger partial charge in [0.05, 0.1) is 11.6 Å². The van der Waals surface area contributed by atoms with Crippen molar-refractivity contribution in [3.05, 3.63) is 47.5 Å². The maximum atomic E-state index is 10.9. The first kappa shape index (κ1) is 16.8. The summed E-state index contributed by atoms with van der Waals surface area (Å²) in [6.07, 6.45) is -0.295. The monoisotopic (exact) mass is 339 g/mol. The van der Waals surface area contributed by atoms with E-state index in [4.69, 9.17) is 11.5 Å². The number of aliphatic hydroxyl groups excluding tert-OH is 1. The summed E-state index contributed by atoms with van der Waals surface area (Å²) in [5, 5.41) is 10.9. The van der Waals surface area contributed by atoms with Gasteiger partial charge in [-0.05, 0) is 13.3 Å². The zero-order valence-electron chi connectivity index (χ0n) is 14.1. The van der Waals surface area contributed by atoms with E-state index >= 15 is 0 Å². The molecule has 130 valence electrons. The summed E-state index contributed by atoms with van der Waals surface area (Å²) in [6, 6.07) is 9.74. The number of nitrogens with one attached hydrogen (secondary N) is 1. The van der Waals surface area contributed by atoms with E-state index in [-0.39, 0.29) is 11.9 Å². The van der Waals surface area contributed by atoms with Crippen molar-refractivity contribution >= 4 is 11.9 Å². The minimum Gasteiger partial charge on any atom is -0.386 e. The van der Waals surface area contributed by atoms with Crippen molar-refractivity contribution in [3.8, 4) is 11.4 Å². The third-order valence-corrected chi connectivity index (χ3v) is 4.09. The average Bonchev–Trinajstić information content (AvgIpc) is 2.97. The zero-order valence-corrected chi connectivity index (χ0v) is 14.1. The molecule has 0 fully saturated rings. The second kappa shape index (κ2) is 6.86. The van der Waals surface area contributed by atoms with Crippen molar-refractivity contribution in [1.82, 2.24) is 24.9 Å². The number of aromatic amines is 1. The molecule has 8 nitrogen and oxygen atoms in total. The van der Waals surface area contributed by atoms with E-state index in [0.717, 1.165) is 11.3 Å². The van der Waals surface area contributed by atoms with Gasteiger partial charge in [0.1, 0.15) is 17.8 Å². The number of nitrogen functional groups attached to an aromatic ring is 2. The first-order valence-corrected chi connectivity index (χ1v) is 8.06. The summed E-state index contributed by atoms with van der Waals surface area (Å²) in [5.74, 6) is 0.757. The lowest BCUT2D eigenvalue weighted by molar-refractivity contribution is 0.134. The fraction of sp³-hybridized carbons (Fsp3) is 0.294. The average molecular weight is 339 g/mol. The van der Waals surface area contributed by atoms with Crippen LogP contribution in [0.1, 0.15) is 42.6 Å². The van der Waals surface area contributed by atoms with Crippen LogP contribution in [0.15, 0.2) is 30.3 Å². The molecule has 0 spiro atoms. The molecule has 0 saturated carbocycles. The highest BCUT2D eigenvalue weighted by Crippen LogP contribution is 2.33. The molecule has 0 aliphatic heterocycles. The first-order chi connectivity index (χ1) is 12.0. The summed E-state index contributed by atoms with van der Waals surface area (Å²) in [4.78, 5) is 19.8. The molecule has 0 aliphatic rings. The van der Waals surface area contributed by atoms with Crippen molar-refractivity contribution in [3.63, 3.8) is 0 Å². The standard InChI is InChI=1S/C17H21N7O/c1-3-11(15-22-16(18)24-17(19)23-15)13(25)12-9(2)20-14(21-12)10-7-5-4-6-8-10/h4-8,11,13,25H,3H2,1-2H3,(H,20,21)(H4,18,19,22,23,24). The Balaban J connectivity index is 1.96. The van der Waals surface area contributed by atoms with Crippen molar-refractivity contribution in [1.29, 1.82) is 0 Å². The molecule has 2 unspecified atom stereocenters. The van der Waals surface area contributed by atoms with E-state index in [0.29, 0.717) is 23.8 Å². The Morgan fingerprint density at radius 3 is 2.28 bits per heavy atom. The quantitative estimate of drug-likeness (QED) is 0.557. The molecule has 3 rings (SSSR count). The maximum Gasteiger partial charge on any atom is 0.225 e. The number of aryl methyl sites for hydroxylation is 1. The van der Waals surface area contributed by atoms with Crippen LogP contribution in [-0.4, -0.2) is 30.0 Å². The highest BCUT2D eigenvalue weighted by molar-refractivity contribution is 5.55. The number of aromatic nitrogens is 5. The van der Waals surface area contributed by atoms with Crippen LogP contribution in [0.5, 0.6) is 0 Å². The van der Waals surface area contributed by atoms with Crippen LogP contribution in [0.3, 0.4) is 0 Å². The van der Waals surface area contributed by atoms with Gasteiger partial charge in [-0.25, -0.2) is 4.98 Å². The Kier molecular flexibility index (Phi) is 4.62. The van der Waals surface area contributed by atoms with E-state index in [2.05, 4.69) is 24.9 Å². The third-order valence-electron chi connectivity index (χ3n) is 4.09. The minimum absolute atomic E-state index is 0.0388. The second-order valence-electron chi connectivity index (χ2n) is 5.83. The summed E-state index contributed by atoms with van der Waals surface area (Å²) in [7, 11) is 0. The maximum absolute atomic E-state index is 10.9. The lowest BCUT2D eigenvalue weighted by atomic mass is 9.95. The van der Waals surface area contributed by atoms with Gasteiger partial charge < -0.3 is 21.6 Å². The lowest BCUT2D eigenvalue weighted by Gasteiger charge is -2.19. The molecule has 1 aromatic carbocycles. The number of hydrogen-bond acceptors (Lipinski definition) is 7. The van der Waals surface area contributed by atoms with E-state index < -0.39 is 12.0 Å². The number of nitrogens with zero attached hydrogens (tertiary/aromatic N) is 4. The molecule has 25 heavy (non-hydrogen) atoms. The fourth-order valence-corrected chi connectivity index (χ4v) is 2.83. The number of anilines is 2. The van der Waals surface area contributed by atoms with Crippen molar-refractivity contribution < 1.29 is 5.11 Å². The van der Waals surface area contributed by atoms with Gasteiger partial charge in [0, 0.05) is 11.3 Å². The number of aliphatic hydroxyl groups is 1. The SMILES string of the molecule is CCC(c1nc(N)nc(N)n1)C(O)c1nc(-c2ccccc2)[nH]c1C. The van der Waals surface area contributed by atoms with E-state index in [1.807, 2.05) is 44.2 Å². The second-order valence-corrected chi connectivity index (χ2v) is 5.83. The molecular formula is C17H21N7O. The molecule has 0 amide bonds. The van der Waals surface area contributed by atoms with Gasteiger partial charge in [0.15, 0.2) is 0 Å². The summed E-state index contributed by atoms with van der Waals surface area (Å²) < 4.78 is 0. The molecule has 2 atom stereocenters. The van der Waals surface area contributed by atoms with Gasteiger partial charge in [0.25, 0.3) is 0 Å². The van der Waals surface area contributed by atoms with Crippen LogP contribution in [-0.2, 0) is 0 Å². The molecule has 0 saturated heterocycles. The smallest absolute Gasteiger partial charge is 0.225 e. The topological polar surface area (TPSA) is 140 Å². The summed E-state index contributed by atoms with van der Waals surface area (Å²) >= 11 is 0. The zero-order chi connectivity index (χ0) is 18.0. The molecule has 2 heterocycles. The van der Waals surface area contributed by atoms with Crippen LogP contribution < -0.4 is 11.5 Å². The van der Waals surface area contributed by atoms with Crippen LogP contribution in [0.2, 0.25) is 0 Å². The Labute approximate surface area is 145 Å². The number of H-pyrrole nitrogens is 1. The molecular weight excluding hydrogens is 318 g/mol. The van der Waals surface area contributed by atoms with Crippen LogP contribution >= 0.6 is 0 Å². The van der Waals surface area contributed by atoms with E-state index in [9.17, 15) is 5.11 Å². The third kappa shape index (κ3) is 3.43. The number of imidazole rings is 1. The molecule has 0 bridgehead atoms. The van der Waals surface area contributed by atoms with Crippen LogP contribution in [0.4, 0.5) is 11.9 Å². The summed E-state index contributed by atoms with van der Waals surface area (Å²) in [5.41, 5.74) is 13.6. The van der Waals surface area contributed by atoms with Gasteiger partial charge in [0.2, 0.25) is 11.9 Å². The van der Waals surface area contributed by atoms with Gasteiger partial charge in [-0.15, -0.1) is 0 Å². The Morgan fingerprint density at radius 1 is 1.04 bits per heavy atom. The predicted octanol–water partition coefficient (Wildman–Crippen LogP) is 1.96. The lowest BCUT2D eigenvalue weighted by Crippen LogP contribution is -2.17. The van der Waals surface area contributed by atoms with E-state index in [1.165, 1.54) is 0 Å². The van der Waals surface area contributed by atoms with Crippen LogP contribution in [0, 0.1) is 6.92 Å². The normalized spacial score (nSPS) is 13.6. The Morgan fingerprint density at radius 2 is 1.68 bits per heavy atom. The molecule has 6 N–H and O–H groups in total. The highest BCUT2D eigenvalue weighted by Gasteiger charge is 2.28. The molecule has 8 heteroatoms. The van der Waals surface area contributed by atoms with Crippen LogP contribution in [0.25, 0.3) is 11.4 Å². The number of benzene rings is 1. The number of rotatable bonds is 5. The van der Waals surface area contributed by atoms with Crippen molar-refractivity contribution in [2.45, 2.75) is 32.3 Å². The molecule has 2 aromatic heterocycles. The van der Waals surface area contributed by atoms with Crippen molar-refractivity contribution in [2.75, 3.05) is 11.5 Å². The Hall–Kier alpha value is -3.00. The molecule has 3 aromatic rings. The highest BCUT2D eigenvalue weighted by atomic mass is 16.3. The van der Waals surface area contributed by atoms with Gasteiger partial charge in [-0.2, -0.15) is 15.0 Å². The predicted molar refractivity (Wildman–Crippen MR) is 95.4 cm³/mol. The fourth-order valence-electron chi connectivity index (χ4n) is 2.83. The van der Waals surface area contributed by atoms with Crippen molar-refractivity contribution in [2.24, 2.45) is 0 Å². The van der Waals surface area contributed by atoms with E-state index in [1.54, 1.807) is 0 Å². The largest absolute Gasteiger partial charge is 0.386 e. The van der Waals surface area contributed by atoms with Gasteiger partial charge in [-0.3, -0.25) is 0 Å². The molecule has 0 aliphatic carbocycles. The van der Waals surface area contributed by atoms with Gasteiger partial charge >= 0.3 is 0 Å². The first-order valence-electron chi connectivity index (χ1n) is 8.06. The number of nitrogens with two attached hydrogens (primary N) is 2.